The van der Waals surface area contributed by atoms with Crippen molar-refractivity contribution in [2.75, 3.05) is 20.1 Å². The second kappa shape index (κ2) is 8.80. The number of carbonyl (C=O) groups excluding carboxylic acids is 1. The smallest absolute Gasteiger partial charge is 0.239 e. The van der Waals surface area contributed by atoms with Gasteiger partial charge in [0.2, 0.25) is 5.91 Å². The average molecular weight is 291 g/mol. The lowest BCUT2D eigenvalue weighted by atomic mass is 9.96. The summed E-state index contributed by atoms with van der Waals surface area (Å²) >= 11 is 0. The Hall–Kier alpha value is -1.39. The van der Waals surface area contributed by atoms with Crippen molar-refractivity contribution in [1.82, 2.24) is 10.2 Å². The second-order valence-corrected chi connectivity index (χ2v) is 6.00. The summed E-state index contributed by atoms with van der Waals surface area (Å²) in [6, 6.07) is 10.4. The van der Waals surface area contributed by atoms with Crippen LogP contribution in [0.2, 0.25) is 0 Å². The number of nitrogens with zero attached hydrogens (tertiary/aromatic N) is 1. The highest BCUT2D eigenvalue weighted by atomic mass is 16.2. The van der Waals surface area contributed by atoms with Gasteiger partial charge in [-0.2, -0.15) is 0 Å². The number of benzene rings is 1. The largest absolute Gasteiger partial charge is 0.354 e. The highest BCUT2D eigenvalue weighted by molar-refractivity contribution is 5.85. The lowest BCUT2D eigenvalue weighted by Crippen LogP contribution is -2.51. The van der Waals surface area contributed by atoms with E-state index >= 15 is 0 Å². The van der Waals surface area contributed by atoms with Gasteiger partial charge in [-0.15, -0.1) is 0 Å². The number of rotatable bonds is 9. The molecule has 1 amide bonds. The van der Waals surface area contributed by atoms with E-state index in [0.717, 1.165) is 25.9 Å². The molecule has 0 aromatic heterocycles. The molecule has 3 N–H and O–H groups in total. The number of hydrogen-bond donors (Lipinski definition) is 2. The van der Waals surface area contributed by atoms with Gasteiger partial charge in [-0.25, -0.2) is 0 Å². The first-order chi connectivity index (χ1) is 9.95. The normalized spacial score (nSPS) is 14.0. The van der Waals surface area contributed by atoms with Gasteiger partial charge < -0.3 is 16.0 Å². The predicted molar refractivity (Wildman–Crippen MR) is 87.9 cm³/mol. The molecule has 4 nitrogen and oxygen atoms in total. The van der Waals surface area contributed by atoms with Crippen LogP contribution in [-0.4, -0.2) is 36.5 Å². The minimum Gasteiger partial charge on any atom is -0.354 e. The summed E-state index contributed by atoms with van der Waals surface area (Å²) in [6.07, 6.45) is 2.56. The molecule has 0 aliphatic rings. The van der Waals surface area contributed by atoms with Gasteiger partial charge in [0.05, 0.1) is 5.54 Å². The molecule has 21 heavy (non-hydrogen) atoms. The van der Waals surface area contributed by atoms with E-state index in [-0.39, 0.29) is 5.91 Å². The third-order valence-corrected chi connectivity index (χ3v) is 3.59. The fraction of sp³-hybridized carbons (Fsp3) is 0.588. The van der Waals surface area contributed by atoms with E-state index in [1.165, 1.54) is 5.56 Å². The second-order valence-electron chi connectivity index (χ2n) is 6.00. The lowest BCUT2D eigenvalue weighted by molar-refractivity contribution is -0.126. The van der Waals surface area contributed by atoms with Crippen LogP contribution in [0, 0.1) is 0 Å². The summed E-state index contributed by atoms with van der Waals surface area (Å²) in [6.45, 7) is 6.39. The molecule has 0 spiro atoms. The molecular formula is C17H29N3O. The van der Waals surface area contributed by atoms with E-state index in [2.05, 4.69) is 41.5 Å². The number of nitrogens with one attached hydrogen (secondary N) is 1. The van der Waals surface area contributed by atoms with Crippen LogP contribution in [0.15, 0.2) is 30.3 Å². The average Bonchev–Trinajstić information content (AvgIpc) is 2.44. The molecule has 0 bridgehead atoms. The number of carbonyl (C=O) groups is 1. The van der Waals surface area contributed by atoms with Crippen molar-refractivity contribution in [3.63, 3.8) is 0 Å². The zero-order chi connectivity index (χ0) is 15.7. The first kappa shape index (κ1) is 17.7. The van der Waals surface area contributed by atoms with Gasteiger partial charge in [-0.3, -0.25) is 4.79 Å². The summed E-state index contributed by atoms with van der Waals surface area (Å²) in [7, 11) is 2.10. The van der Waals surface area contributed by atoms with E-state index in [4.69, 9.17) is 5.73 Å². The van der Waals surface area contributed by atoms with Crippen LogP contribution in [0.5, 0.6) is 0 Å². The molecule has 1 atom stereocenters. The Labute approximate surface area is 128 Å². The van der Waals surface area contributed by atoms with Gasteiger partial charge in [-0.1, -0.05) is 43.7 Å². The minimum atomic E-state index is -0.745. The summed E-state index contributed by atoms with van der Waals surface area (Å²) in [5.74, 6) is -0.0462. The van der Waals surface area contributed by atoms with Crippen molar-refractivity contribution in [2.45, 2.75) is 45.2 Å². The van der Waals surface area contributed by atoms with Crippen LogP contribution < -0.4 is 11.1 Å². The van der Waals surface area contributed by atoms with Crippen LogP contribution in [-0.2, 0) is 11.3 Å². The molecular weight excluding hydrogens is 262 g/mol. The Balaban J connectivity index is 2.20. The van der Waals surface area contributed by atoms with Gasteiger partial charge >= 0.3 is 0 Å². The quantitative estimate of drug-likeness (QED) is 0.685. The van der Waals surface area contributed by atoms with Crippen molar-refractivity contribution < 1.29 is 4.79 Å². The van der Waals surface area contributed by atoms with Crippen LogP contribution in [0.1, 0.15) is 38.7 Å². The molecule has 1 unspecified atom stereocenters. The van der Waals surface area contributed by atoms with E-state index in [1.54, 1.807) is 6.92 Å². The van der Waals surface area contributed by atoms with Crippen molar-refractivity contribution >= 4 is 5.91 Å². The first-order valence-electron chi connectivity index (χ1n) is 7.75. The maximum atomic E-state index is 11.9. The lowest BCUT2D eigenvalue weighted by Gasteiger charge is -2.23. The Morgan fingerprint density at radius 3 is 2.62 bits per heavy atom. The summed E-state index contributed by atoms with van der Waals surface area (Å²) in [5.41, 5.74) is 6.55. The van der Waals surface area contributed by atoms with Gasteiger partial charge in [0.15, 0.2) is 0 Å². The van der Waals surface area contributed by atoms with E-state index < -0.39 is 5.54 Å². The molecule has 0 heterocycles. The van der Waals surface area contributed by atoms with Crippen molar-refractivity contribution in [1.29, 1.82) is 0 Å². The van der Waals surface area contributed by atoms with Crippen molar-refractivity contribution in [2.24, 2.45) is 5.73 Å². The Kier molecular flexibility index (Phi) is 7.40. The molecule has 118 valence electrons. The third-order valence-electron chi connectivity index (χ3n) is 3.59. The number of nitrogens with two attached hydrogens (primary N) is 1. The van der Waals surface area contributed by atoms with Crippen LogP contribution in [0.4, 0.5) is 0 Å². The molecule has 1 aromatic rings. The summed E-state index contributed by atoms with van der Waals surface area (Å²) in [4.78, 5) is 14.2. The fourth-order valence-electron chi connectivity index (χ4n) is 2.36. The minimum absolute atomic E-state index is 0.0462. The third kappa shape index (κ3) is 6.74. The summed E-state index contributed by atoms with van der Waals surface area (Å²) in [5, 5.41) is 2.94. The Bertz CT molecular complexity index is 417. The molecule has 1 rings (SSSR count). The van der Waals surface area contributed by atoms with Gasteiger partial charge in [0, 0.05) is 13.1 Å². The van der Waals surface area contributed by atoms with Crippen molar-refractivity contribution in [3.8, 4) is 0 Å². The molecule has 0 radical (unpaired) electrons. The molecule has 0 saturated carbocycles. The fourth-order valence-corrected chi connectivity index (χ4v) is 2.36. The van der Waals surface area contributed by atoms with Gasteiger partial charge in [0.25, 0.3) is 0 Å². The first-order valence-corrected chi connectivity index (χ1v) is 7.75. The summed E-state index contributed by atoms with van der Waals surface area (Å²) < 4.78 is 0. The SMILES string of the molecule is CCCC(C)(N)C(=O)NCCCN(C)Cc1ccccc1. The van der Waals surface area contributed by atoms with Gasteiger partial charge in [-0.05, 0) is 38.9 Å². The van der Waals surface area contributed by atoms with E-state index in [9.17, 15) is 4.79 Å². The molecule has 4 heteroatoms. The topological polar surface area (TPSA) is 58.4 Å². The number of hydrogen-bond acceptors (Lipinski definition) is 3. The van der Waals surface area contributed by atoms with Crippen LogP contribution in [0.25, 0.3) is 0 Å². The maximum Gasteiger partial charge on any atom is 0.239 e. The molecule has 1 aromatic carbocycles. The number of amides is 1. The monoisotopic (exact) mass is 291 g/mol. The maximum absolute atomic E-state index is 11.9. The zero-order valence-electron chi connectivity index (χ0n) is 13.6. The van der Waals surface area contributed by atoms with E-state index in [0.29, 0.717) is 13.0 Å². The van der Waals surface area contributed by atoms with Gasteiger partial charge in [0.1, 0.15) is 0 Å². The van der Waals surface area contributed by atoms with Crippen molar-refractivity contribution in [3.05, 3.63) is 35.9 Å². The van der Waals surface area contributed by atoms with Crippen LogP contribution >= 0.6 is 0 Å². The highest BCUT2D eigenvalue weighted by Gasteiger charge is 2.26. The van der Waals surface area contributed by atoms with Crippen LogP contribution in [0.3, 0.4) is 0 Å². The molecule has 0 saturated heterocycles. The zero-order valence-corrected chi connectivity index (χ0v) is 13.6. The molecule has 0 fully saturated rings. The predicted octanol–water partition coefficient (Wildman–Crippen LogP) is 2.14. The van der Waals surface area contributed by atoms with E-state index in [1.807, 2.05) is 13.0 Å². The highest BCUT2D eigenvalue weighted by Crippen LogP contribution is 2.08. The molecule has 0 aliphatic carbocycles. The molecule has 0 aliphatic heterocycles. The standard InChI is InChI=1S/C17H29N3O/c1-4-11-17(2,18)16(21)19-12-8-13-20(3)14-15-9-6-5-7-10-15/h5-7,9-10H,4,8,11-14,18H2,1-3H3,(H,19,21). The Morgan fingerprint density at radius 1 is 1.33 bits per heavy atom. The Morgan fingerprint density at radius 2 is 2.00 bits per heavy atom.